The van der Waals surface area contributed by atoms with Gasteiger partial charge in [0.2, 0.25) is 5.91 Å². The Labute approximate surface area is 132 Å². The smallest absolute Gasteiger partial charge is 0.317 e. The molecule has 1 unspecified atom stereocenters. The molecule has 22 heavy (non-hydrogen) atoms. The Morgan fingerprint density at radius 2 is 1.68 bits per heavy atom. The summed E-state index contributed by atoms with van der Waals surface area (Å²) >= 11 is 0. The van der Waals surface area contributed by atoms with Crippen LogP contribution in [0.1, 0.15) is 20.3 Å². The third-order valence-electron chi connectivity index (χ3n) is 4.23. The maximum absolute atomic E-state index is 12.3. The molecule has 7 nitrogen and oxygen atoms in total. The summed E-state index contributed by atoms with van der Waals surface area (Å²) in [4.78, 5) is 29.7. The van der Waals surface area contributed by atoms with Gasteiger partial charge in [-0.05, 0) is 13.3 Å². The Balaban J connectivity index is 1.74. The van der Waals surface area contributed by atoms with E-state index in [1.165, 1.54) is 0 Å². The predicted octanol–water partition coefficient (Wildman–Crippen LogP) is -0.0291. The van der Waals surface area contributed by atoms with Gasteiger partial charge >= 0.3 is 6.03 Å². The van der Waals surface area contributed by atoms with E-state index in [1.54, 1.807) is 6.92 Å². The topological polar surface area (TPSA) is 65.1 Å². The number of carbonyl (C=O) groups excluding carboxylic acids is 2. The van der Waals surface area contributed by atoms with Crippen LogP contribution >= 0.6 is 0 Å². The Kier molecular flexibility index (Phi) is 6.45. The van der Waals surface area contributed by atoms with Crippen LogP contribution in [0.5, 0.6) is 0 Å². The number of hydrogen-bond acceptors (Lipinski definition) is 4. The first-order valence-corrected chi connectivity index (χ1v) is 8.17. The van der Waals surface area contributed by atoms with E-state index in [9.17, 15) is 9.59 Å². The van der Waals surface area contributed by atoms with Crippen LogP contribution in [-0.2, 0) is 9.53 Å². The number of hydrogen-bond donors (Lipinski definition) is 1. The van der Waals surface area contributed by atoms with Gasteiger partial charge in [-0.3, -0.25) is 9.69 Å². The normalized spacial score (nSPS) is 22.1. The number of nitrogens with zero attached hydrogens (tertiary/aromatic N) is 3. The number of urea groups is 1. The molecule has 0 radical (unpaired) electrons. The highest BCUT2D eigenvalue weighted by atomic mass is 16.5. The molecule has 126 valence electrons. The molecule has 0 saturated carbocycles. The molecule has 2 saturated heterocycles. The minimum absolute atomic E-state index is 0.0221. The molecule has 2 aliphatic heterocycles. The molecule has 0 aromatic rings. The molecule has 7 heteroatoms. The van der Waals surface area contributed by atoms with E-state index >= 15 is 0 Å². The Hall–Kier alpha value is -1.34. The summed E-state index contributed by atoms with van der Waals surface area (Å²) in [6.45, 7) is 10.5. The summed E-state index contributed by atoms with van der Waals surface area (Å²) in [7, 11) is 0. The zero-order valence-electron chi connectivity index (χ0n) is 13.7. The van der Waals surface area contributed by atoms with Crippen molar-refractivity contribution in [2.45, 2.75) is 26.3 Å². The largest absolute Gasteiger partial charge is 0.379 e. The molecule has 0 aromatic heterocycles. The summed E-state index contributed by atoms with van der Waals surface area (Å²) in [6, 6.07) is 0.0870. The fourth-order valence-electron chi connectivity index (χ4n) is 2.95. The van der Waals surface area contributed by atoms with Crippen LogP contribution in [0.2, 0.25) is 0 Å². The molecule has 0 bridgehead atoms. The minimum atomic E-state index is -0.0221. The highest BCUT2D eigenvalue weighted by molar-refractivity contribution is 5.75. The lowest BCUT2D eigenvalue weighted by molar-refractivity contribution is -0.128. The van der Waals surface area contributed by atoms with Crippen molar-refractivity contribution in [3.8, 4) is 0 Å². The molecule has 0 spiro atoms. The molecular weight excluding hydrogens is 284 g/mol. The highest BCUT2D eigenvalue weighted by Gasteiger charge is 2.22. The molecule has 2 aliphatic rings. The standard InChI is InChI=1S/C15H28N4O3/c1-13(12-17-8-10-22-11-9-17)16-15(21)19-5-3-4-18(6-7-19)14(2)20/h13H,3-12H2,1-2H3,(H,16,21). The van der Waals surface area contributed by atoms with Crippen LogP contribution in [0.25, 0.3) is 0 Å². The lowest BCUT2D eigenvalue weighted by Crippen LogP contribution is -2.50. The van der Waals surface area contributed by atoms with Crippen LogP contribution in [0.15, 0.2) is 0 Å². The number of nitrogens with one attached hydrogen (secondary N) is 1. The lowest BCUT2D eigenvalue weighted by Gasteiger charge is -2.30. The fourth-order valence-corrected chi connectivity index (χ4v) is 2.95. The summed E-state index contributed by atoms with van der Waals surface area (Å²) < 4.78 is 5.33. The third-order valence-corrected chi connectivity index (χ3v) is 4.23. The minimum Gasteiger partial charge on any atom is -0.379 e. The monoisotopic (exact) mass is 312 g/mol. The molecule has 0 aliphatic carbocycles. The van der Waals surface area contributed by atoms with E-state index in [0.717, 1.165) is 45.8 Å². The molecule has 1 atom stereocenters. The SMILES string of the molecule is CC(=O)N1CCCN(C(=O)NC(C)CN2CCOCC2)CC1. The van der Waals surface area contributed by atoms with Gasteiger partial charge in [0, 0.05) is 58.8 Å². The molecule has 0 aromatic carbocycles. The maximum atomic E-state index is 12.3. The van der Waals surface area contributed by atoms with Crippen molar-refractivity contribution >= 4 is 11.9 Å². The summed E-state index contributed by atoms with van der Waals surface area (Å²) in [5, 5.41) is 3.07. The molecule has 2 rings (SSSR count). The highest BCUT2D eigenvalue weighted by Crippen LogP contribution is 2.05. The second-order valence-corrected chi connectivity index (χ2v) is 6.11. The van der Waals surface area contributed by atoms with Gasteiger partial charge < -0.3 is 19.9 Å². The van der Waals surface area contributed by atoms with Crippen molar-refractivity contribution in [1.82, 2.24) is 20.0 Å². The first-order chi connectivity index (χ1) is 10.6. The number of amides is 3. The maximum Gasteiger partial charge on any atom is 0.317 e. The van der Waals surface area contributed by atoms with E-state index in [1.807, 2.05) is 16.7 Å². The van der Waals surface area contributed by atoms with E-state index in [-0.39, 0.29) is 18.0 Å². The zero-order valence-corrected chi connectivity index (χ0v) is 13.7. The lowest BCUT2D eigenvalue weighted by atomic mass is 10.3. The average molecular weight is 312 g/mol. The third kappa shape index (κ3) is 5.14. The summed E-state index contributed by atoms with van der Waals surface area (Å²) in [5.74, 6) is 0.0861. The zero-order chi connectivity index (χ0) is 15.9. The number of morpholine rings is 1. The average Bonchev–Trinajstić information content (AvgIpc) is 2.74. The van der Waals surface area contributed by atoms with Crippen molar-refractivity contribution in [3.63, 3.8) is 0 Å². The molecule has 2 heterocycles. The van der Waals surface area contributed by atoms with Gasteiger partial charge in [0.15, 0.2) is 0 Å². The second-order valence-electron chi connectivity index (χ2n) is 6.11. The Bertz CT molecular complexity index is 385. The van der Waals surface area contributed by atoms with Crippen LogP contribution < -0.4 is 5.32 Å². The number of carbonyl (C=O) groups is 2. The first kappa shape index (κ1) is 17.0. The Morgan fingerprint density at radius 1 is 1.05 bits per heavy atom. The van der Waals surface area contributed by atoms with E-state index in [2.05, 4.69) is 10.2 Å². The van der Waals surface area contributed by atoms with Gasteiger partial charge in [0.25, 0.3) is 0 Å². The molecular formula is C15H28N4O3. The van der Waals surface area contributed by atoms with Crippen LogP contribution in [0, 0.1) is 0 Å². The molecule has 1 N–H and O–H groups in total. The quantitative estimate of drug-likeness (QED) is 0.795. The van der Waals surface area contributed by atoms with Crippen molar-refractivity contribution in [3.05, 3.63) is 0 Å². The van der Waals surface area contributed by atoms with E-state index < -0.39 is 0 Å². The van der Waals surface area contributed by atoms with Gasteiger partial charge in [0.1, 0.15) is 0 Å². The van der Waals surface area contributed by atoms with Crippen molar-refractivity contribution in [2.75, 3.05) is 59.0 Å². The summed E-state index contributed by atoms with van der Waals surface area (Å²) in [5.41, 5.74) is 0. The predicted molar refractivity (Wildman–Crippen MR) is 83.7 cm³/mol. The van der Waals surface area contributed by atoms with Crippen molar-refractivity contribution < 1.29 is 14.3 Å². The molecule has 2 fully saturated rings. The van der Waals surface area contributed by atoms with Crippen molar-refractivity contribution in [2.24, 2.45) is 0 Å². The Morgan fingerprint density at radius 3 is 2.36 bits per heavy atom. The van der Waals surface area contributed by atoms with Crippen LogP contribution in [0.3, 0.4) is 0 Å². The van der Waals surface area contributed by atoms with E-state index in [0.29, 0.717) is 19.6 Å². The molecule has 3 amide bonds. The first-order valence-electron chi connectivity index (χ1n) is 8.17. The van der Waals surface area contributed by atoms with Gasteiger partial charge in [-0.15, -0.1) is 0 Å². The number of rotatable bonds is 3. The number of ether oxygens (including phenoxy) is 1. The van der Waals surface area contributed by atoms with Gasteiger partial charge in [-0.25, -0.2) is 4.79 Å². The van der Waals surface area contributed by atoms with Crippen LogP contribution in [-0.4, -0.2) is 91.7 Å². The second kappa shape index (κ2) is 8.33. The van der Waals surface area contributed by atoms with Crippen LogP contribution in [0.4, 0.5) is 4.79 Å². The van der Waals surface area contributed by atoms with Gasteiger partial charge in [-0.2, -0.15) is 0 Å². The van der Waals surface area contributed by atoms with Gasteiger partial charge in [-0.1, -0.05) is 0 Å². The summed E-state index contributed by atoms with van der Waals surface area (Å²) in [6.07, 6.45) is 0.838. The van der Waals surface area contributed by atoms with Gasteiger partial charge in [0.05, 0.1) is 13.2 Å². The van der Waals surface area contributed by atoms with Crippen molar-refractivity contribution in [1.29, 1.82) is 0 Å². The van der Waals surface area contributed by atoms with E-state index in [4.69, 9.17) is 4.74 Å². The fraction of sp³-hybridized carbons (Fsp3) is 0.867.